The second-order valence-corrected chi connectivity index (χ2v) is 4.24. The maximum absolute atomic E-state index is 11.5. The predicted octanol–water partition coefficient (Wildman–Crippen LogP) is -0.710. The number of nitrogens with zero attached hydrogens (tertiary/aromatic N) is 2. The maximum Gasteiger partial charge on any atom is 0.236 e. The van der Waals surface area contributed by atoms with Gasteiger partial charge in [-0.25, -0.2) is 0 Å². The zero-order valence-corrected chi connectivity index (χ0v) is 8.84. The molecule has 0 saturated heterocycles. The van der Waals surface area contributed by atoms with Gasteiger partial charge in [-0.1, -0.05) is 0 Å². The zero-order valence-electron chi connectivity index (χ0n) is 8.84. The molecule has 14 heavy (non-hydrogen) atoms. The van der Waals surface area contributed by atoms with E-state index in [2.05, 4.69) is 10.2 Å². The summed E-state index contributed by atoms with van der Waals surface area (Å²) >= 11 is 0. The summed E-state index contributed by atoms with van der Waals surface area (Å²) in [7, 11) is 3.61. The fourth-order valence-electron chi connectivity index (χ4n) is 1.99. The van der Waals surface area contributed by atoms with E-state index in [9.17, 15) is 4.79 Å². The smallest absolute Gasteiger partial charge is 0.236 e. The third kappa shape index (κ3) is 1.81. The number of likely N-dealkylation sites (N-methyl/N-ethyl adjacent to an activating group) is 1. The largest absolute Gasteiger partial charge is 0.348 e. The van der Waals surface area contributed by atoms with Crippen molar-refractivity contribution < 1.29 is 4.79 Å². The van der Waals surface area contributed by atoms with Crippen LogP contribution in [-0.2, 0) is 4.79 Å². The molecule has 4 heteroatoms. The SMILES string of the molecule is CN(C)C(=O)CN1CC2=C(CNC2)C1. The summed E-state index contributed by atoms with van der Waals surface area (Å²) in [5.41, 5.74) is 2.99. The van der Waals surface area contributed by atoms with Crippen molar-refractivity contribution in [3.63, 3.8) is 0 Å². The molecule has 0 atom stereocenters. The summed E-state index contributed by atoms with van der Waals surface area (Å²) in [4.78, 5) is 15.3. The Kier molecular flexibility index (Phi) is 2.56. The van der Waals surface area contributed by atoms with Crippen LogP contribution >= 0.6 is 0 Å². The van der Waals surface area contributed by atoms with Gasteiger partial charge in [0.2, 0.25) is 5.91 Å². The summed E-state index contributed by atoms with van der Waals surface area (Å²) in [5, 5.41) is 3.32. The minimum absolute atomic E-state index is 0.194. The summed E-state index contributed by atoms with van der Waals surface area (Å²) in [6.45, 7) is 4.54. The van der Waals surface area contributed by atoms with Gasteiger partial charge in [0, 0.05) is 40.3 Å². The van der Waals surface area contributed by atoms with E-state index in [-0.39, 0.29) is 5.91 Å². The van der Waals surface area contributed by atoms with Crippen molar-refractivity contribution in [2.24, 2.45) is 0 Å². The van der Waals surface area contributed by atoms with Crippen LogP contribution in [0.3, 0.4) is 0 Å². The number of nitrogens with one attached hydrogen (secondary N) is 1. The van der Waals surface area contributed by atoms with Crippen LogP contribution in [0.2, 0.25) is 0 Å². The van der Waals surface area contributed by atoms with Gasteiger partial charge in [-0.2, -0.15) is 0 Å². The molecular weight excluding hydrogens is 178 g/mol. The minimum Gasteiger partial charge on any atom is -0.348 e. The van der Waals surface area contributed by atoms with Gasteiger partial charge in [0.05, 0.1) is 6.54 Å². The van der Waals surface area contributed by atoms with Crippen molar-refractivity contribution in [1.29, 1.82) is 0 Å². The molecule has 0 aromatic rings. The third-order valence-corrected chi connectivity index (χ3v) is 2.86. The molecule has 0 saturated carbocycles. The molecule has 1 N–H and O–H groups in total. The molecule has 0 radical (unpaired) electrons. The highest BCUT2D eigenvalue weighted by Gasteiger charge is 2.26. The highest BCUT2D eigenvalue weighted by molar-refractivity contribution is 5.77. The fraction of sp³-hybridized carbons (Fsp3) is 0.700. The first-order valence-corrected chi connectivity index (χ1v) is 5.00. The average Bonchev–Trinajstić information content (AvgIpc) is 2.63. The van der Waals surface area contributed by atoms with Crippen LogP contribution in [0.1, 0.15) is 0 Å². The highest BCUT2D eigenvalue weighted by atomic mass is 16.2. The molecule has 1 amide bonds. The van der Waals surface area contributed by atoms with E-state index in [1.807, 2.05) is 0 Å². The van der Waals surface area contributed by atoms with Gasteiger partial charge >= 0.3 is 0 Å². The molecule has 0 spiro atoms. The highest BCUT2D eigenvalue weighted by Crippen LogP contribution is 2.19. The molecule has 2 aliphatic rings. The Labute approximate surface area is 84.6 Å². The van der Waals surface area contributed by atoms with E-state index in [4.69, 9.17) is 0 Å². The van der Waals surface area contributed by atoms with Crippen LogP contribution in [-0.4, -0.2) is 62.5 Å². The van der Waals surface area contributed by atoms with E-state index in [1.165, 1.54) is 11.1 Å². The number of hydrogen-bond acceptors (Lipinski definition) is 3. The molecule has 78 valence electrons. The lowest BCUT2D eigenvalue weighted by atomic mass is 10.2. The van der Waals surface area contributed by atoms with E-state index >= 15 is 0 Å². The molecule has 0 bridgehead atoms. The average molecular weight is 195 g/mol. The van der Waals surface area contributed by atoms with E-state index < -0.39 is 0 Å². The molecule has 2 heterocycles. The minimum atomic E-state index is 0.194. The van der Waals surface area contributed by atoms with Crippen molar-refractivity contribution in [3.8, 4) is 0 Å². The van der Waals surface area contributed by atoms with Gasteiger partial charge in [-0.15, -0.1) is 0 Å². The van der Waals surface area contributed by atoms with Crippen LogP contribution < -0.4 is 5.32 Å². The molecule has 0 aromatic heterocycles. The molecular formula is C10H17N3O. The number of amides is 1. The first kappa shape index (κ1) is 9.68. The lowest BCUT2D eigenvalue weighted by Gasteiger charge is -2.19. The maximum atomic E-state index is 11.5. The number of carbonyl (C=O) groups is 1. The van der Waals surface area contributed by atoms with Gasteiger partial charge < -0.3 is 10.2 Å². The fourth-order valence-corrected chi connectivity index (χ4v) is 1.99. The Morgan fingerprint density at radius 2 is 1.93 bits per heavy atom. The van der Waals surface area contributed by atoms with Gasteiger partial charge in [0.15, 0.2) is 0 Å². The van der Waals surface area contributed by atoms with Crippen molar-refractivity contribution in [2.75, 3.05) is 46.8 Å². The normalized spacial score (nSPS) is 21.6. The van der Waals surface area contributed by atoms with Crippen molar-refractivity contribution in [3.05, 3.63) is 11.1 Å². The van der Waals surface area contributed by atoms with E-state index in [1.54, 1.807) is 19.0 Å². The van der Waals surface area contributed by atoms with Crippen LogP contribution in [0.25, 0.3) is 0 Å². The topological polar surface area (TPSA) is 35.6 Å². The lowest BCUT2D eigenvalue weighted by Crippen LogP contribution is -2.37. The molecule has 2 rings (SSSR count). The molecule has 0 unspecified atom stereocenters. The summed E-state index contributed by atoms with van der Waals surface area (Å²) in [5.74, 6) is 0.194. The summed E-state index contributed by atoms with van der Waals surface area (Å²) in [6, 6.07) is 0. The molecule has 0 fully saturated rings. The van der Waals surface area contributed by atoms with Gasteiger partial charge in [-0.05, 0) is 11.1 Å². The summed E-state index contributed by atoms with van der Waals surface area (Å²) in [6.07, 6.45) is 0. The molecule has 0 aliphatic carbocycles. The Hall–Kier alpha value is -0.870. The zero-order chi connectivity index (χ0) is 10.1. The van der Waals surface area contributed by atoms with Crippen LogP contribution in [0.15, 0.2) is 11.1 Å². The Bertz CT molecular complexity index is 267. The van der Waals surface area contributed by atoms with Crippen LogP contribution in [0.4, 0.5) is 0 Å². The Morgan fingerprint density at radius 3 is 2.43 bits per heavy atom. The quantitative estimate of drug-likeness (QED) is 0.591. The Balaban J connectivity index is 1.84. The summed E-state index contributed by atoms with van der Waals surface area (Å²) < 4.78 is 0. The second-order valence-electron chi connectivity index (χ2n) is 4.24. The second kappa shape index (κ2) is 3.71. The van der Waals surface area contributed by atoms with Crippen LogP contribution in [0.5, 0.6) is 0 Å². The number of rotatable bonds is 2. The molecule has 0 aromatic carbocycles. The van der Waals surface area contributed by atoms with Crippen molar-refractivity contribution >= 4 is 5.91 Å². The predicted molar refractivity (Wildman–Crippen MR) is 55.0 cm³/mol. The van der Waals surface area contributed by atoms with Gasteiger partial charge in [0.25, 0.3) is 0 Å². The van der Waals surface area contributed by atoms with Crippen molar-refractivity contribution in [1.82, 2.24) is 15.1 Å². The lowest BCUT2D eigenvalue weighted by molar-refractivity contribution is -0.129. The van der Waals surface area contributed by atoms with Crippen molar-refractivity contribution in [2.45, 2.75) is 0 Å². The Morgan fingerprint density at radius 1 is 1.36 bits per heavy atom. The standard InChI is InChI=1S/C10H17N3O/c1-12(2)10(14)7-13-5-8-3-11-4-9(8)6-13/h11H,3-7H2,1-2H3. The molecule has 2 aliphatic heterocycles. The van der Waals surface area contributed by atoms with E-state index in [0.717, 1.165) is 26.2 Å². The monoisotopic (exact) mass is 195 g/mol. The van der Waals surface area contributed by atoms with Crippen LogP contribution in [0, 0.1) is 0 Å². The third-order valence-electron chi connectivity index (χ3n) is 2.86. The van der Waals surface area contributed by atoms with Gasteiger partial charge in [-0.3, -0.25) is 9.69 Å². The molecule has 4 nitrogen and oxygen atoms in total. The first-order chi connectivity index (χ1) is 6.66. The number of carbonyl (C=O) groups excluding carboxylic acids is 1. The number of hydrogen-bond donors (Lipinski definition) is 1. The van der Waals surface area contributed by atoms with Gasteiger partial charge in [0.1, 0.15) is 0 Å². The first-order valence-electron chi connectivity index (χ1n) is 5.00. The van der Waals surface area contributed by atoms with E-state index in [0.29, 0.717) is 6.54 Å².